The molecule has 0 aromatic rings. The Bertz CT molecular complexity index is 318. The standard InChI is InChI=1S/C9H11NO3S.HI/c1-2-13-9(12)6-3-4-14-8-5-7(11)10(6)8;/h3,8H,2,4-5H2,1H3;1H/t8-;/m1./s1. The number of β-lactam (4-membered cyclic amide) rings is 1. The largest absolute Gasteiger partial charge is 0.461 e. The highest BCUT2D eigenvalue weighted by atomic mass is 127. The highest BCUT2D eigenvalue weighted by molar-refractivity contribution is 14.0. The van der Waals surface area contributed by atoms with Crippen LogP contribution in [0.3, 0.4) is 0 Å². The molecule has 0 aromatic heterocycles. The highest BCUT2D eigenvalue weighted by Gasteiger charge is 2.43. The van der Waals surface area contributed by atoms with Gasteiger partial charge in [0.15, 0.2) is 0 Å². The number of carbonyl (C=O) groups is 2. The van der Waals surface area contributed by atoms with Gasteiger partial charge < -0.3 is 4.74 Å². The maximum Gasteiger partial charge on any atom is 0.354 e. The Morgan fingerprint density at radius 2 is 2.47 bits per heavy atom. The van der Waals surface area contributed by atoms with Crippen LogP contribution in [0.5, 0.6) is 0 Å². The molecule has 0 saturated carbocycles. The molecule has 2 aliphatic heterocycles. The fourth-order valence-electron chi connectivity index (χ4n) is 1.53. The van der Waals surface area contributed by atoms with Gasteiger partial charge in [0.25, 0.3) is 0 Å². The van der Waals surface area contributed by atoms with Crippen LogP contribution >= 0.6 is 35.7 Å². The summed E-state index contributed by atoms with van der Waals surface area (Å²) in [5.41, 5.74) is 0.423. The Hall–Kier alpha value is -0.240. The lowest BCUT2D eigenvalue weighted by Gasteiger charge is -2.42. The first kappa shape index (κ1) is 12.8. The fraction of sp³-hybridized carbons (Fsp3) is 0.556. The average Bonchev–Trinajstić information content (AvgIpc) is 2.16. The van der Waals surface area contributed by atoms with Gasteiger partial charge >= 0.3 is 5.97 Å². The van der Waals surface area contributed by atoms with Gasteiger partial charge in [-0.15, -0.1) is 35.7 Å². The third-order valence-corrected chi connectivity index (χ3v) is 3.34. The van der Waals surface area contributed by atoms with Crippen LogP contribution in [0, 0.1) is 0 Å². The second-order valence-corrected chi connectivity index (χ2v) is 4.28. The van der Waals surface area contributed by atoms with Crippen LogP contribution in [0.4, 0.5) is 0 Å². The van der Waals surface area contributed by atoms with E-state index in [9.17, 15) is 9.59 Å². The Morgan fingerprint density at radius 1 is 1.73 bits per heavy atom. The van der Waals surface area contributed by atoms with Gasteiger partial charge in [0.05, 0.1) is 18.4 Å². The zero-order chi connectivity index (χ0) is 10.1. The summed E-state index contributed by atoms with van der Waals surface area (Å²) in [6, 6.07) is 0. The number of rotatable bonds is 2. The highest BCUT2D eigenvalue weighted by Crippen LogP contribution is 2.37. The molecule has 4 nitrogen and oxygen atoms in total. The third-order valence-electron chi connectivity index (χ3n) is 2.22. The Kier molecular flexibility index (Phi) is 4.45. The number of halogens is 1. The molecule has 1 saturated heterocycles. The number of nitrogens with zero attached hydrogens (tertiary/aromatic N) is 1. The summed E-state index contributed by atoms with van der Waals surface area (Å²) in [4.78, 5) is 24.2. The number of carbonyl (C=O) groups excluding carboxylic acids is 2. The van der Waals surface area contributed by atoms with Crippen molar-refractivity contribution in [1.82, 2.24) is 4.90 Å². The van der Waals surface area contributed by atoms with Gasteiger partial charge in [-0.2, -0.15) is 0 Å². The second-order valence-electron chi connectivity index (χ2n) is 3.07. The Labute approximate surface area is 109 Å². The maximum absolute atomic E-state index is 11.4. The van der Waals surface area contributed by atoms with Crippen LogP contribution < -0.4 is 0 Å². The summed E-state index contributed by atoms with van der Waals surface area (Å²) in [7, 11) is 0. The van der Waals surface area contributed by atoms with Crippen molar-refractivity contribution in [3.63, 3.8) is 0 Å². The van der Waals surface area contributed by atoms with E-state index < -0.39 is 0 Å². The van der Waals surface area contributed by atoms with Crippen LogP contribution in [0.1, 0.15) is 13.3 Å². The average molecular weight is 341 g/mol. The van der Waals surface area contributed by atoms with Gasteiger partial charge in [0, 0.05) is 5.75 Å². The molecule has 0 spiro atoms. The molecular formula is C9H12INO3S. The summed E-state index contributed by atoms with van der Waals surface area (Å²) >= 11 is 1.68. The smallest absolute Gasteiger partial charge is 0.354 e. The SMILES string of the molecule is CCOC(=O)C1=CCS[C@@H]2CC(=O)N12.I. The predicted octanol–water partition coefficient (Wildman–Crippen LogP) is 1.36. The predicted molar refractivity (Wildman–Crippen MR) is 67.8 cm³/mol. The zero-order valence-electron chi connectivity index (χ0n) is 8.26. The number of fused-ring (bicyclic) bond motifs is 1. The molecule has 0 unspecified atom stereocenters. The molecule has 2 rings (SSSR count). The molecule has 2 heterocycles. The van der Waals surface area contributed by atoms with E-state index in [4.69, 9.17) is 4.74 Å². The molecule has 84 valence electrons. The molecule has 0 radical (unpaired) electrons. The summed E-state index contributed by atoms with van der Waals surface area (Å²) in [5, 5.41) is 0.159. The minimum atomic E-state index is -0.383. The number of hydrogen-bond acceptors (Lipinski definition) is 4. The molecular weight excluding hydrogens is 329 g/mol. The minimum Gasteiger partial charge on any atom is -0.461 e. The van der Waals surface area contributed by atoms with Gasteiger partial charge in [0.2, 0.25) is 5.91 Å². The van der Waals surface area contributed by atoms with Gasteiger partial charge in [-0.25, -0.2) is 4.79 Å². The van der Waals surface area contributed by atoms with Crippen molar-refractivity contribution < 1.29 is 14.3 Å². The third kappa shape index (κ3) is 2.30. The van der Waals surface area contributed by atoms with Crippen molar-refractivity contribution in [2.24, 2.45) is 0 Å². The van der Waals surface area contributed by atoms with Crippen LogP contribution in [-0.4, -0.2) is 34.5 Å². The molecule has 15 heavy (non-hydrogen) atoms. The molecule has 1 atom stereocenters. The summed E-state index contributed by atoms with van der Waals surface area (Å²) in [5.74, 6) is 0.412. The molecule has 1 amide bonds. The summed E-state index contributed by atoms with van der Waals surface area (Å²) in [6.07, 6.45) is 2.30. The lowest BCUT2D eigenvalue weighted by Crippen LogP contribution is -2.53. The number of amides is 1. The summed E-state index contributed by atoms with van der Waals surface area (Å²) in [6.45, 7) is 2.10. The van der Waals surface area contributed by atoms with E-state index >= 15 is 0 Å². The van der Waals surface area contributed by atoms with Crippen LogP contribution in [0.25, 0.3) is 0 Å². The molecule has 2 aliphatic rings. The van der Waals surface area contributed by atoms with Crippen molar-refractivity contribution in [2.45, 2.75) is 18.7 Å². The van der Waals surface area contributed by atoms with Crippen molar-refractivity contribution in [2.75, 3.05) is 12.4 Å². The number of esters is 1. The Morgan fingerprint density at radius 3 is 3.07 bits per heavy atom. The first-order valence-corrected chi connectivity index (χ1v) is 5.60. The molecule has 0 bridgehead atoms. The van der Waals surface area contributed by atoms with E-state index in [1.54, 1.807) is 24.8 Å². The molecule has 1 fully saturated rings. The topological polar surface area (TPSA) is 46.6 Å². The fourth-order valence-corrected chi connectivity index (χ4v) is 2.65. The molecule has 0 N–H and O–H groups in total. The van der Waals surface area contributed by atoms with E-state index in [0.29, 0.717) is 18.7 Å². The second kappa shape index (κ2) is 5.20. The quantitative estimate of drug-likeness (QED) is 0.432. The normalized spacial score (nSPS) is 23.3. The van der Waals surface area contributed by atoms with Crippen molar-refractivity contribution in [3.05, 3.63) is 11.8 Å². The van der Waals surface area contributed by atoms with Gasteiger partial charge in [-0.1, -0.05) is 0 Å². The number of ether oxygens (including phenoxy) is 1. The lowest BCUT2D eigenvalue weighted by molar-refractivity contribution is -0.148. The van der Waals surface area contributed by atoms with E-state index in [1.165, 1.54) is 4.90 Å². The van der Waals surface area contributed by atoms with E-state index in [0.717, 1.165) is 5.75 Å². The lowest BCUT2D eigenvalue weighted by atomic mass is 10.1. The van der Waals surface area contributed by atoms with E-state index in [1.807, 2.05) is 0 Å². The molecule has 0 aliphatic carbocycles. The first-order chi connectivity index (χ1) is 6.74. The van der Waals surface area contributed by atoms with Gasteiger partial charge in [0.1, 0.15) is 5.70 Å². The van der Waals surface area contributed by atoms with Gasteiger partial charge in [-0.05, 0) is 13.0 Å². The van der Waals surface area contributed by atoms with Crippen LogP contribution in [0.15, 0.2) is 11.8 Å². The van der Waals surface area contributed by atoms with Crippen molar-refractivity contribution in [3.8, 4) is 0 Å². The van der Waals surface area contributed by atoms with Crippen molar-refractivity contribution in [1.29, 1.82) is 0 Å². The van der Waals surface area contributed by atoms with Gasteiger partial charge in [-0.3, -0.25) is 9.69 Å². The number of thioether (sulfide) groups is 1. The number of hydrogen-bond donors (Lipinski definition) is 0. The first-order valence-electron chi connectivity index (χ1n) is 4.55. The monoisotopic (exact) mass is 341 g/mol. The summed E-state index contributed by atoms with van der Waals surface area (Å²) < 4.78 is 4.87. The molecule has 0 aromatic carbocycles. The maximum atomic E-state index is 11.4. The molecule has 6 heteroatoms. The zero-order valence-corrected chi connectivity index (χ0v) is 11.4. The van der Waals surface area contributed by atoms with Crippen molar-refractivity contribution >= 4 is 47.6 Å². The minimum absolute atomic E-state index is 0. The van der Waals surface area contributed by atoms with Crippen LogP contribution in [-0.2, 0) is 14.3 Å². The Balaban J connectivity index is 0.00000112. The van der Waals surface area contributed by atoms with Crippen LogP contribution in [0.2, 0.25) is 0 Å². The van der Waals surface area contributed by atoms with E-state index in [-0.39, 0.29) is 41.2 Å². The van der Waals surface area contributed by atoms with E-state index in [2.05, 4.69) is 0 Å².